The number of hydrogen-bond acceptors (Lipinski definition) is 7. The van der Waals surface area contributed by atoms with E-state index in [-0.39, 0.29) is 5.82 Å². The van der Waals surface area contributed by atoms with Gasteiger partial charge in [0, 0.05) is 29.3 Å². The minimum Gasteiger partial charge on any atom is -0.491 e. The van der Waals surface area contributed by atoms with E-state index in [0.717, 1.165) is 33.2 Å². The summed E-state index contributed by atoms with van der Waals surface area (Å²) in [4.78, 5) is 22.7. The standard InChI is InChI=1S/C18H15N3O3S/c1-23-18(22)11-8-15(19)21-9-12(11)14-7-10-4-6-24-13-3-2-5-20-16(13)17(10)25-14/h2-3,5,7-9H,4,6H2,1H3,(H2,19,21). The molecule has 0 atom stereocenters. The van der Waals surface area contributed by atoms with Crippen LogP contribution in [0.4, 0.5) is 5.82 Å². The number of rotatable bonds is 2. The monoisotopic (exact) mass is 353 g/mol. The van der Waals surface area contributed by atoms with Gasteiger partial charge >= 0.3 is 5.97 Å². The van der Waals surface area contributed by atoms with E-state index in [1.165, 1.54) is 7.11 Å². The molecule has 3 aromatic heterocycles. The SMILES string of the molecule is COC(=O)c1cc(N)ncc1-c1cc2c(s1)-c1ncccc1OCC2. The van der Waals surface area contributed by atoms with Crippen molar-refractivity contribution >= 4 is 23.1 Å². The van der Waals surface area contributed by atoms with E-state index in [9.17, 15) is 4.79 Å². The molecule has 25 heavy (non-hydrogen) atoms. The fraction of sp³-hybridized carbons (Fsp3) is 0.167. The Kier molecular flexibility index (Phi) is 3.85. The molecule has 0 bridgehead atoms. The molecule has 0 aliphatic carbocycles. The summed E-state index contributed by atoms with van der Waals surface area (Å²) in [6, 6.07) is 7.38. The Labute approximate surface area is 148 Å². The van der Waals surface area contributed by atoms with Gasteiger partial charge in [-0.15, -0.1) is 11.3 Å². The number of anilines is 1. The van der Waals surface area contributed by atoms with Crippen molar-refractivity contribution in [2.45, 2.75) is 6.42 Å². The van der Waals surface area contributed by atoms with E-state index in [1.54, 1.807) is 29.8 Å². The number of nitrogens with two attached hydrogens (primary N) is 1. The molecule has 2 N–H and O–H groups in total. The number of aromatic nitrogens is 2. The Morgan fingerprint density at radius 2 is 2.24 bits per heavy atom. The number of carbonyl (C=O) groups is 1. The molecular formula is C18H15N3O3S. The summed E-state index contributed by atoms with van der Waals surface area (Å²) in [6.45, 7) is 0.589. The molecule has 0 spiro atoms. The molecular weight excluding hydrogens is 338 g/mol. The van der Waals surface area contributed by atoms with Crippen molar-refractivity contribution in [1.29, 1.82) is 0 Å². The molecule has 0 fully saturated rings. The normalized spacial score (nSPS) is 12.5. The molecule has 4 heterocycles. The van der Waals surface area contributed by atoms with E-state index in [2.05, 4.69) is 16.0 Å². The first kappa shape index (κ1) is 15.6. The van der Waals surface area contributed by atoms with Gasteiger partial charge in [0.15, 0.2) is 0 Å². The molecule has 7 heteroatoms. The van der Waals surface area contributed by atoms with Crippen molar-refractivity contribution in [2.24, 2.45) is 0 Å². The maximum Gasteiger partial charge on any atom is 0.338 e. The van der Waals surface area contributed by atoms with Crippen molar-refractivity contribution in [3.8, 4) is 26.8 Å². The zero-order chi connectivity index (χ0) is 17.4. The van der Waals surface area contributed by atoms with Crippen molar-refractivity contribution in [2.75, 3.05) is 19.5 Å². The number of carbonyl (C=O) groups excluding carboxylic acids is 1. The number of hydrogen-bond donors (Lipinski definition) is 1. The van der Waals surface area contributed by atoms with Gasteiger partial charge in [0.1, 0.15) is 17.3 Å². The lowest BCUT2D eigenvalue weighted by Crippen LogP contribution is -2.05. The van der Waals surface area contributed by atoms with E-state index in [4.69, 9.17) is 15.2 Å². The lowest BCUT2D eigenvalue weighted by atomic mass is 10.1. The summed E-state index contributed by atoms with van der Waals surface area (Å²) in [6.07, 6.45) is 4.14. The first-order valence-corrected chi connectivity index (χ1v) is 8.54. The average Bonchev–Trinajstić information content (AvgIpc) is 2.97. The molecule has 0 unspecified atom stereocenters. The molecule has 0 aromatic carbocycles. The van der Waals surface area contributed by atoms with Gasteiger partial charge in [0.05, 0.1) is 24.2 Å². The first-order chi connectivity index (χ1) is 12.2. The highest BCUT2D eigenvalue weighted by Gasteiger charge is 2.23. The maximum atomic E-state index is 12.1. The van der Waals surface area contributed by atoms with Crippen molar-refractivity contribution in [3.05, 3.63) is 47.8 Å². The fourth-order valence-corrected chi connectivity index (χ4v) is 4.08. The number of esters is 1. The predicted molar refractivity (Wildman–Crippen MR) is 95.7 cm³/mol. The zero-order valence-electron chi connectivity index (χ0n) is 13.5. The highest BCUT2D eigenvalue weighted by atomic mass is 32.1. The predicted octanol–water partition coefficient (Wildman–Crippen LogP) is 3.18. The smallest absolute Gasteiger partial charge is 0.338 e. The average molecular weight is 353 g/mol. The quantitative estimate of drug-likeness (QED) is 0.712. The maximum absolute atomic E-state index is 12.1. The van der Waals surface area contributed by atoms with E-state index < -0.39 is 5.97 Å². The molecule has 0 radical (unpaired) electrons. The number of methoxy groups -OCH3 is 1. The van der Waals surface area contributed by atoms with Crippen LogP contribution in [0.5, 0.6) is 5.75 Å². The minimum atomic E-state index is -0.436. The molecule has 126 valence electrons. The van der Waals surface area contributed by atoms with Gasteiger partial charge in [-0.25, -0.2) is 9.78 Å². The zero-order valence-corrected chi connectivity index (χ0v) is 14.3. The second kappa shape index (κ2) is 6.18. The minimum absolute atomic E-state index is 0.280. The van der Waals surface area contributed by atoms with Crippen LogP contribution >= 0.6 is 11.3 Å². The van der Waals surface area contributed by atoms with E-state index >= 15 is 0 Å². The van der Waals surface area contributed by atoms with Crippen molar-refractivity contribution < 1.29 is 14.3 Å². The van der Waals surface area contributed by atoms with Gasteiger partial charge in [-0.3, -0.25) is 4.98 Å². The largest absolute Gasteiger partial charge is 0.491 e. The van der Waals surface area contributed by atoms with Crippen LogP contribution in [0.1, 0.15) is 15.9 Å². The second-order valence-corrected chi connectivity index (χ2v) is 6.61. The number of nitrogens with zero attached hydrogens (tertiary/aromatic N) is 2. The Morgan fingerprint density at radius 1 is 1.36 bits per heavy atom. The number of ether oxygens (including phenoxy) is 2. The summed E-state index contributed by atoms with van der Waals surface area (Å²) in [5.74, 6) is 0.621. The van der Waals surface area contributed by atoms with E-state index in [0.29, 0.717) is 17.7 Å². The Balaban J connectivity index is 1.88. The molecule has 1 aliphatic rings. The topological polar surface area (TPSA) is 87.3 Å². The number of pyridine rings is 2. The van der Waals surface area contributed by atoms with Gasteiger partial charge in [-0.05, 0) is 29.8 Å². The van der Waals surface area contributed by atoms with Gasteiger partial charge in [-0.1, -0.05) is 0 Å². The summed E-state index contributed by atoms with van der Waals surface area (Å²) in [7, 11) is 1.35. The van der Waals surface area contributed by atoms with Crippen LogP contribution < -0.4 is 10.5 Å². The van der Waals surface area contributed by atoms with Gasteiger partial charge in [0.25, 0.3) is 0 Å². The summed E-state index contributed by atoms with van der Waals surface area (Å²) in [5.41, 5.74) is 8.82. The van der Waals surface area contributed by atoms with E-state index in [1.807, 2.05) is 12.1 Å². The van der Waals surface area contributed by atoms with Crippen molar-refractivity contribution in [3.63, 3.8) is 0 Å². The molecule has 6 nitrogen and oxygen atoms in total. The van der Waals surface area contributed by atoms with Crippen molar-refractivity contribution in [1.82, 2.24) is 9.97 Å². The molecule has 1 aliphatic heterocycles. The summed E-state index contributed by atoms with van der Waals surface area (Å²) < 4.78 is 10.7. The van der Waals surface area contributed by atoms with Crippen LogP contribution in [-0.2, 0) is 11.2 Å². The van der Waals surface area contributed by atoms with Crippen LogP contribution in [0, 0.1) is 0 Å². The van der Waals surface area contributed by atoms with Crippen LogP contribution in [0.25, 0.3) is 21.0 Å². The van der Waals surface area contributed by atoms with Crippen LogP contribution in [0.3, 0.4) is 0 Å². The number of fused-ring (bicyclic) bond motifs is 3. The molecule has 0 saturated carbocycles. The third-order valence-corrected chi connectivity index (χ3v) is 5.24. The number of thiophene rings is 1. The summed E-state index contributed by atoms with van der Waals surface area (Å²) in [5, 5.41) is 0. The van der Waals surface area contributed by atoms with Crippen LogP contribution in [0.2, 0.25) is 0 Å². The Bertz CT molecular complexity index is 968. The van der Waals surface area contributed by atoms with Gasteiger partial charge < -0.3 is 15.2 Å². The molecule has 4 rings (SSSR count). The van der Waals surface area contributed by atoms with Crippen LogP contribution in [-0.4, -0.2) is 29.7 Å². The highest BCUT2D eigenvalue weighted by Crippen LogP contribution is 2.43. The Morgan fingerprint density at radius 3 is 3.08 bits per heavy atom. The molecule has 0 saturated heterocycles. The third-order valence-electron chi connectivity index (χ3n) is 4.02. The first-order valence-electron chi connectivity index (χ1n) is 7.72. The lowest BCUT2D eigenvalue weighted by molar-refractivity contribution is 0.0601. The third kappa shape index (κ3) is 2.72. The number of nitrogen functional groups attached to an aromatic ring is 1. The van der Waals surface area contributed by atoms with Gasteiger partial charge in [0.2, 0.25) is 0 Å². The molecule has 0 amide bonds. The van der Waals surface area contributed by atoms with Gasteiger partial charge in [-0.2, -0.15) is 0 Å². The highest BCUT2D eigenvalue weighted by molar-refractivity contribution is 7.19. The summed E-state index contributed by atoms with van der Waals surface area (Å²) >= 11 is 1.56. The molecule has 3 aromatic rings. The Hall–Kier alpha value is -2.93. The lowest BCUT2D eigenvalue weighted by Gasteiger charge is -2.07. The van der Waals surface area contributed by atoms with Crippen LogP contribution in [0.15, 0.2) is 36.7 Å². The fourth-order valence-electron chi connectivity index (χ4n) is 2.84. The second-order valence-electron chi connectivity index (χ2n) is 5.56.